The molecule has 34 heavy (non-hydrogen) atoms. The second kappa shape index (κ2) is 10.4. The summed E-state index contributed by atoms with van der Waals surface area (Å²) in [6.45, 7) is 1.05. The van der Waals surface area contributed by atoms with Gasteiger partial charge in [-0.15, -0.1) is 0 Å². The first-order chi connectivity index (χ1) is 16.5. The number of hydrogen-bond acceptors (Lipinski definition) is 7. The molecule has 2 heterocycles. The maximum atomic E-state index is 15.5. The van der Waals surface area contributed by atoms with Crippen molar-refractivity contribution in [3.05, 3.63) is 71.3 Å². The second-order valence-corrected chi connectivity index (χ2v) is 8.13. The second-order valence-electron chi connectivity index (χ2n) is 8.13. The molecule has 3 aromatic rings. The van der Waals surface area contributed by atoms with Crippen LogP contribution in [0.25, 0.3) is 0 Å². The molecule has 8 nitrogen and oxygen atoms in total. The Bertz CT molecular complexity index is 1160. The van der Waals surface area contributed by atoms with Crippen LogP contribution in [0.4, 0.5) is 16.0 Å². The fourth-order valence-corrected chi connectivity index (χ4v) is 4.28. The van der Waals surface area contributed by atoms with Gasteiger partial charge in [-0.05, 0) is 36.1 Å². The standard InChI is InChI=1S/C25H28FN5O3/c1-33-18-9-10-19(21(13-18)34-2)20-4-3-11-31(20)25-23(26)24(29-15-30-25)28-14-17-7-5-16(6-8-17)12-22(27)32/h5-10,13,15,20H,3-4,11-12,14H2,1-2H3,(H2,27,32)(H,28,29,30). The van der Waals surface area contributed by atoms with Crippen molar-refractivity contribution in [1.82, 2.24) is 9.97 Å². The molecule has 1 aliphatic rings. The van der Waals surface area contributed by atoms with Crippen LogP contribution in [-0.4, -0.2) is 36.6 Å². The Morgan fingerprint density at radius 1 is 1.15 bits per heavy atom. The highest BCUT2D eigenvalue weighted by atomic mass is 19.1. The van der Waals surface area contributed by atoms with Crippen LogP contribution in [0.15, 0.2) is 48.8 Å². The van der Waals surface area contributed by atoms with E-state index < -0.39 is 5.82 Å². The smallest absolute Gasteiger partial charge is 0.221 e. The number of halogens is 1. The Morgan fingerprint density at radius 2 is 1.91 bits per heavy atom. The van der Waals surface area contributed by atoms with Gasteiger partial charge in [0.1, 0.15) is 17.8 Å². The molecule has 9 heteroatoms. The molecule has 1 saturated heterocycles. The third-order valence-electron chi connectivity index (χ3n) is 5.96. The van der Waals surface area contributed by atoms with Gasteiger partial charge in [-0.1, -0.05) is 24.3 Å². The maximum Gasteiger partial charge on any atom is 0.221 e. The van der Waals surface area contributed by atoms with Crippen LogP contribution in [0, 0.1) is 5.82 Å². The first kappa shape index (κ1) is 23.3. The Morgan fingerprint density at radius 3 is 2.62 bits per heavy atom. The number of primary amides is 1. The van der Waals surface area contributed by atoms with Gasteiger partial charge in [0.25, 0.3) is 0 Å². The number of rotatable bonds is 9. The Balaban J connectivity index is 1.52. The monoisotopic (exact) mass is 465 g/mol. The highest BCUT2D eigenvalue weighted by Gasteiger charge is 2.32. The first-order valence-electron chi connectivity index (χ1n) is 11.1. The predicted octanol–water partition coefficient (Wildman–Crippen LogP) is 3.61. The molecule has 2 aromatic carbocycles. The SMILES string of the molecule is COc1ccc(C2CCCN2c2ncnc(NCc3ccc(CC(N)=O)cc3)c2F)c(OC)c1. The Kier molecular flexibility index (Phi) is 7.10. The third kappa shape index (κ3) is 5.03. The van der Waals surface area contributed by atoms with Gasteiger partial charge < -0.3 is 25.4 Å². The van der Waals surface area contributed by atoms with Crippen molar-refractivity contribution in [3.8, 4) is 11.5 Å². The lowest BCUT2D eigenvalue weighted by Crippen LogP contribution is -2.25. The predicted molar refractivity (Wildman–Crippen MR) is 128 cm³/mol. The van der Waals surface area contributed by atoms with E-state index >= 15 is 4.39 Å². The van der Waals surface area contributed by atoms with Crippen LogP contribution in [-0.2, 0) is 17.8 Å². The lowest BCUT2D eigenvalue weighted by Gasteiger charge is -2.28. The molecular formula is C25H28FN5O3. The molecule has 1 amide bonds. The molecule has 1 unspecified atom stereocenters. The molecule has 0 bridgehead atoms. The third-order valence-corrected chi connectivity index (χ3v) is 5.96. The highest BCUT2D eigenvalue weighted by Crippen LogP contribution is 2.41. The van der Waals surface area contributed by atoms with Crippen LogP contribution in [0.2, 0.25) is 0 Å². The van der Waals surface area contributed by atoms with E-state index in [9.17, 15) is 4.79 Å². The van der Waals surface area contributed by atoms with Crippen molar-refractivity contribution in [2.24, 2.45) is 5.73 Å². The summed E-state index contributed by atoms with van der Waals surface area (Å²) in [7, 11) is 3.22. The number of ether oxygens (including phenoxy) is 2. The van der Waals surface area contributed by atoms with Crippen molar-refractivity contribution in [2.75, 3.05) is 31.0 Å². The van der Waals surface area contributed by atoms with E-state index in [-0.39, 0.29) is 30.0 Å². The van der Waals surface area contributed by atoms with Gasteiger partial charge in [-0.2, -0.15) is 4.39 Å². The van der Waals surface area contributed by atoms with E-state index in [1.807, 2.05) is 47.4 Å². The minimum Gasteiger partial charge on any atom is -0.497 e. The molecule has 0 radical (unpaired) electrons. The van der Waals surface area contributed by atoms with Crippen molar-refractivity contribution in [2.45, 2.75) is 31.8 Å². The van der Waals surface area contributed by atoms with Gasteiger partial charge in [0, 0.05) is 24.7 Å². The summed E-state index contributed by atoms with van der Waals surface area (Å²) in [5, 5.41) is 3.06. The van der Waals surface area contributed by atoms with Gasteiger partial charge in [0.15, 0.2) is 11.6 Å². The van der Waals surface area contributed by atoms with Crippen molar-refractivity contribution < 1.29 is 18.7 Å². The average Bonchev–Trinajstić information content (AvgIpc) is 3.33. The van der Waals surface area contributed by atoms with Crippen molar-refractivity contribution in [1.29, 1.82) is 0 Å². The van der Waals surface area contributed by atoms with Gasteiger partial charge >= 0.3 is 0 Å². The van der Waals surface area contributed by atoms with Gasteiger partial charge in [-0.3, -0.25) is 4.79 Å². The van der Waals surface area contributed by atoms with Gasteiger partial charge in [0.05, 0.1) is 26.7 Å². The average molecular weight is 466 g/mol. The summed E-state index contributed by atoms with van der Waals surface area (Å²) in [6.07, 6.45) is 3.32. The van der Waals surface area contributed by atoms with Gasteiger partial charge in [-0.25, -0.2) is 9.97 Å². The number of nitrogens with zero attached hydrogens (tertiary/aromatic N) is 3. The molecule has 0 aliphatic carbocycles. The van der Waals surface area contributed by atoms with E-state index in [0.717, 1.165) is 29.5 Å². The molecule has 0 spiro atoms. The first-order valence-corrected chi connectivity index (χ1v) is 11.1. The van der Waals surface area contributed by atoms with Crippen LogP contribution < -0.4 is 25.4 Å². The number of benzene rings is 2. The number of nitrogens with two attached hydrogens (primary N) is 1. The van der Waals surface area contributed by atoms with E-state index in [4.69, 9.17) is 15.2 Å². The summed E-state index contributed by atoms with van der Waals surface area (Å²) in [6, 6.07) is 13.0. The minimum atomic E-state index is -0.493. The summed E-state index contributed by atoms with van der Waals surface area (Å²) in [4.78, 5) is 21.4. The van der Waals surface area contributed by atoms with Crippen LogP contribution in [0.1, 0.15) is 35.6 Å². The molecule has 1 fully saturated rings. The number of hydrogen-bond donors (Lipinski definition) is 2. The number of nitrogens with one attached hydrogen (secondary N) is 1. The number of amides is 1. The van der Waals surface area contributed by atoms with Crippen LogP contribution in [0.5, 0.6) is 11.5 Å². The lowest BCUT2D eigenvalue weighted by molar-refractivity contribution is -0.117. The zero-order valence-electron chi connectivity index (χ0n) is 19.3. The molecule has 1 aromatic heterocycles. The topological polar surface area (TPSA) is 103 Å². The summed E-state index contributed by atoms with van der Waals surface area (Å²) < 4.78 is 26.4. The molecule has 4 rings (SSSR count). The molecule has 178 valence electrons. The number of carbonyl (C=O) groups excluding carboxylic acids is 1. The zero-order chi connectivity index (χ0) is 24.1. The number of anilines is 2. The molecule has 0 saturated carbocycles. The highest BCUT2D eigenvalue weighted by molar-refractivity contribution is 5.76. The van der Waals surface area contributed by atoms with Crippen molar-refractivity contribution in [3.63, 3.8) is 0 Å². The van der Waals surface area contributed by atoms with E-state index in [1.165, 1.54) is 6.33 Å². The van der Waals surface area contributed by atoms with E-state index in [1.54, 1.807) is 14.2 Å². The quantitative estimate of drug-likeness (QED) is 0.498. The van der Waals surface area contributed by atoms with E-state index in [0.29, 0.717) is 24.6 Å². The normalized spacial score (nSPS) is 15.3. The molecule has 1 aliphatic heterocycles. The summed E-state index contributed by atoms with van der Waals surface area (Å²) >= 11 is 0. The van der Waals surface area contributed by atoms with Crippen molar-refractivity contribution >= 4 is 17.5 Å². The molecular weight excluding hydrogens is 437 g/mol. The summed E-state index contributed by atoms with van der Waals surface area (Å²) in [5.74, 6) is 0.922. The lowest BCUT2D eigenvalue weighted by atomic mass is 10.0. The minimum absolute atomic E-state index is 0.0732. The Hall–Kier alpha value is -3.88. The molecule has 1 atom stereocenters. The fourth-order valence-electron chi connectivity index (χ4n) is 4.28. The van der Waals surface area contributed by atoms with E-state index in [2.05, 4.69) is 15.3 Å². The van der Waals surface area contributed by atoms with Gasteiger partial charge in [0.2, 0.25) is 11.7 Å². The largest absolute Gasteiger partial charge is 0.497 e. The maximum absolute atomic E-state index is 15.5. The number of carbonyl (C=O) groups is 1. The zero-order valence-corrected chi connectivity index (χ0v) is 19.3. The number of methoxy groups -OCH3 is 2. The Labute approximate surface area is 197 Å². The van der Waals surface area contributed by atoms with Crippen LogP contribution in [0.3, 0.4) is 0 Å². The molecule has 3 N–H and O–H groups in total. The number of aromatic nitrogens is 2. The van der Waals surface area contributed by atoms with Crippen LogP contribution >= 0.6 is 0 Å². The fraction of sp³-hybridized carbons (Fsp3) is 0.320. The summed E-state index contributed by atoms with van der Waals surface area (Å²) in [5.41, 5.74) is 7.95.